The summed E-state index contributed by atoms with van der Waals surface area (Å²) >= 11 is 0. The molecule has 124 valence electrons. The normalized spacial score (nSPS) is 12.4. The van der Waals surface area contributed by atoms with Crippen LogP contribution in [0.1, 0.15) is 23.3 Å². The van der Waals surface area contributed by atoms with Crippen LogP contribution in [0.5, 0.6) is 0 Å². The zero-order chi connectivity index (χ0) is 16.8. The van der Waals surface area contributed by atoms with Crippen LogP contribution in [0.4, 0.5) is 4.39 Å². The number of carbonyl (C=O) groups is 1. The maximum atomic E-state index is 13.0. The number of hydrogen-bond donors (Lipinski definition) is 2. The van der Waals surface area contributed by atoms with Crippen molar-refractivity contribution in [2.75, 3.05) is 20.6 Å². The quantitative estimate of drug-likeness (QED) is 0.778. The Morgan fingerprint density at radius 3 is 2.65 bits per heavy atom. The minimum atomic E-state index is -0.520. The van der Waals surface area contributed by atoms with Gasteiger partial charge in [-0.1, -0.05) is 17.3 Å². The Kier molecular flexibility index (Phi) is 5.78. The molecule has 0 unspecified atom stereocenters. The lowest BCUT2D eigenvalue weighted by Gasteiger charge is -2.23. The Morgan fingerprint density at radius 2 is 2.09 bits per heavy atom. The van der Waals surface area contributed by atoms with E-state index in [0.717, 1.165) is 0 Å². The predicted octanol–water partition coefficient (Wildman–Crippen LogP) is 0.663. The first-order valence-corrected chi connectivity index (χ1v) is 7.13. The fourth-order valence-corrected chi connectivity index (χ4v) is 2.18. The van der Waals surface area contributed by atoms with Crippen LogP contribution in [0.25, 0.3) is 0 Å². The van der Waals surface area contributed by atoms with Gasteiger partial charge >= 0.3 is 0 Å². The van der Waals surface area contributed by atoms with Gasteiger partial charge in [0.05, 0.1) is 0 Å². The van der Waals surface area contributed by atoms with E-state index in [0.29, 0.717) is 24.4 Å². The average molecular weight is 322 g/mol. The highest BCUT2D eigenvalue weighted by Crippen LogP contribution is 2.18. The van der Waals surface area contributed by atoms with E-state index >= 15 is 0 Å². The smallest absolute Gasteiger partial charge is 0.252 e. The number of nitrogens with zero attached hydrogens (tertiary/aromatic N) is 3. The van der Waals surface area contributed by atoms with Gasteiger partial charge in [-0.05, 0) is 31.8 Å². The van der Waals surface area contributed by atoms with Crippen LogP contribution < -0.4 is 5.32 Å². The minimum Gasteiger partial charge on any atom is -0.387 e. The maximum absolute atomic E-state index is 13.0. The van der Waals surface area contributed by atoms with E-state index in [-0.39, 0.29) is 24.2 Å². The molecule has 1 heterocycles. The third kappa shape index (κ3) is 4.57. The van der Waals surface area contributed by atoms with Crippen LogP contribution in [0.3, 0.4) is 0 Å². The summed E-state index contributed by atoms with van der Waals surface area (Å²) in [7, 11) is 3.56. The summed E-state index contributed by atoms with van der Waals surface area (Å²) in [5.74, 6) is 0.0114. The Bertz CT molecular complexity index is 642. The fourth-order valence-electron chi connectivity index (χ4n) is 2.18. The zero-order valence-electron chi connectivity index (χ0n) is 13.0. The molecule has 8 heteroatoms. The van der Waals surface area contributed by atoms with Crippen molar-refractivity contribution in [3.05, 3.63) is 47.4 Å². The van der Waals surface area contributed by atoms with Gasteiger partial charge in [-0.25, -0.2) is 4.39 Å². The number of halogens is 1. The molecule has 1 amide bonds. The van der Waals surface area contributed by atoms with E-state index in [1.165, 1.54) is 12.1 Å². The molecule has 2 rings (SSSR count). The van der Waals surface area contributed by atoms with Crippen molar-refractivity contribution >= 4 is 5.91 Å². The summed E-state index contributed by atoms with van der Waals surface area (Å²) in [5.41, 5.74) is 0.705. The summed E-state index contributed by atoms with van der Waals surface area (Å²) in [6.07, 6.45) is 0.388. The molecule has 0 aliphatic rings. The van der Waals surface area contributed by atoms with E-state index in [1.807, 2.05) is 0 Å². The van der Waals surface area contributed by atoms with Crippen LogP contribution in [-0.4, -0.2) is 46.7 Å². The van der Waals surface area contributed by atoms with Gasteiger partial charge in [0, 0.05) is 13.0 Å². The third-order valence-electron chi connectivity index (χ3n) is 3.24. The number of carbonyl (C=O) groups excluding carboxylic acids is 1. The highest BCUT2D eigenvalue weighted by Gasteiger charge is 2.22. The van der Waals surface area contributed by atoms with Gasteiger partial charge < -0.3 is 14.9 Å². The molecular formula is C15H19FN4O3. The Balaban J connectivity index is 1.94. The van der Waals surface area contributed by atoms with Crippen molar-refractivity contribution in [3.8, 4) is 0 Å². The van der Waals surface area contributed by atoms with Crippen molar-refractivity contribution in [3.63, 3.8) is 0 Å². The van der Waals surface area contributed by atoms with Gasteiger partial charge in [-0.2, -0.15) is 4.98 Å². The third-order valence-corrected chi connectivity index (χ3v) is 3.24. The first-order valence-electron chi connectivity index (χ1n) is 7.13. The number of likely N-dealkylation sites (N-methyl/N-ethyl adjacent to an activating group) is 1. The van der Waals surface area contributed by atoms with Gasteiger partial charge in [0.2, 0.25) is 5.91 Å². The van der Waals surface area contributed by atoms with Crippen LogP contribution in [0.15, 0.2) is 28.8 Å². The second-order valence-electron chi connectivity index (χ2n) is 5.22. The van der Waals surface area contributed by atoms with Crippen molar-refractivity contribution in [1.82, 2.24) is 20.4 Å². The standard InChI is InChI=1S/C15H19FN4O3/c1-20(2)14(10-3-5-11(16)6-4-10)15(22)17-8-7-12-18-13(9-21)23-19-12/h3-6,14,21H,7-9H2,1-2H3,(H,17,22)/t14-/m1/s1. The summed E-state index contributed by atoms with van der Waals surface area (Å²) in [4.78, 5) is 18.1. The number of aliphatic hydroxyl groups excluding tert-OH is 1. The summed E-state index contributed by atoms with van der Waals surface area (Å²) in [6.45, 7) is 0.0153. The molecule has 1 aromatic carbocycles. The van der Waals surface area contributed by atoms with E-state index in [2.05, 4.69) is 15.5 Å². The molecule has 0 aliphatic heterocycles. The maximum Gasteiger partial charge on any atom is 0.252 e. The van der Waals surface area contributed by atoms with Gasteiger partial charge in [-0.15, -0.1) is 0 Å². The molecule has 2 N–H and O–H groups in total. The molecule has 0 radical (unpaired) electrons. The average Bonchev–Trinajstić information content (AvgIpc) is 2.97. The lowest BCUT2D eigenvalue weighted by Crippen LogP contribution is -2.38. The molecule has 0 bridgehead atoms. The number of aromatic nitrogens is 2. The monoisotopic (exact) mass is 322 g/mol. The number of benzene rings is 1. The number of nitrogens with one attached hydrogen (secondary N) is 1. The molecule has 0 spiro atoms. The molecule has 23 heavy (non-hydrogen) atoms. The Morgan fingerprint density at radius 1 is 1.39 bits per heavy atom. The number of hydrogen-bond acceptors (Lipinski definition) is 6. The van der Waals surface area contributed by atoms with Gasteiger partial charge in [-0.3, -0.25) is 9.69 Å². The molecule has 0 fully saturated rings. The molecule has 1 atom stereocenters. The Hall–Kier alpha value is -2.32. The van der Waals surface area contributed by atoms with Crippen LogP contribution in [0, 0.1) is 5.82 Å². The van der Waals surface area contributed by atoms with Crippen LogP contribution >= 0.6 is 0 Å². The molecule has 0 saturated carbocycles. The topological polar surface area (TPSA) is 91.5 Å². The molecule has 7 nitrogen and oxygen atoms in total. The fraction of sp³-hybridized carbons (Fsp3) is 0.400. The zero-order valence-corrected chi connectivity index (χ0v) is 13.0. The number of amides is 1. The number of aliphatic hydroxyl groups is 1. The Labute approximate surface area is 133 Å². The highest BCUT2D eigenvalue weighted by molar-refractivity contribution is 5.83. The lowest BCUT2D eigenvalue weighted by molar-refractivity contribution is -0.125. The molecule has 2 aromatic rings. The van der Waals surface area contributed by atoms with Gasteiger partial charge in [0.15, 0.2) is 5.82 Å². The SMILES string of the molecule is CN(C)[C@@H](C(=O)NCCc1noc(CO)n1)c1ccc(F)cc1. The second-order valence-corrected chi connectivity index (χ2v) is 5.22. The lowest BCUT2D eigenvalue weighted by atomic mass is 10.1. The second kappa shape index (κ2) is 7.80. The van der Waals surface area contributed by atoms with Gasteiger partial charge in [0.1, 0.15) is 18.5 Å². The largest absolute Gasteiger partial charge is 0.387 e. The van der Waals surface area contributed by atoms with Gasteiger partial charge in [0.25, 0.3) is 5.89 Å². The van der Waals surface area contributed by atoms with E-state index in [4.69, 9.17) is 9.63 Å². The highest BCUT2D eigenvalue weighted by atomic mass is 19.1. The van der Waals surface area contributed by atoms with Crippen molar-refractivity contribution < 1.29 is 18.8 Å². The minimum absolute atomic E-state index is 0.142. The first kappa shape index (κ1) is 17.0. The summed E-state index contributed by atoms with van der Waals surface area (Å²) < 4.78 is 17.8. The van der Waals surface area contributed by atoms with Crippen molar-refractivity contribution in [2.45, 2.75) is 19.1 Å². The van der Waals surface area contributed by atoms with Crippen LogP contribution in [-0.2, 0) is 17.8 Å². The van der Waals surface area contributed by atoms with Crippen LogP contribution in [0.2, 0.25) is 0 Å². The first-order chi connectivity index (χ1) is 11.0. The molecule has 0 saturated heterocycles. The molecule has 1 aromatic heterocycles. The van der Waals surface area contributed by atoms with E-state index in [9.17, 15) is 9.18 Å². The van der Waals surface area contributed by atoms with E-state index < -0.39 is 6.04 Å². The molecular weight excluding hydrogens is 303 g/mol. The van der Waals surface area contributed by atoms with E-state index in [1.54, 1.807) is 31.1 Å². The predicted molar refractivity (Wildman–Crippen MR) is 79.8 cm³/mol. The molecule has 0 aliphatic carbocycles. The van der Waals surface area contributed by atoms with Crippen molar-refractivity contribution in [1.29, 1.82) is 0 Å². The number of rotatable bonds is 7. The van der Waals surface area contributed by atoms with Crippen molar-refractivity contribution in [2.24, 2.45) is 0 Å². The summed E-state index contributed by atoms with van der Waals surface area (Å²) in [6, 6.07) is 5.32. The summed E-state index contributed by atoms with van der Waals surface area (Å²) in [5, 5.41) is 15.3.